The average molecular weight is 207 g/mol. The lowest BCUT2D eigenvalue weighted by atomic mass is 10.2. The standard InChI is InChI=1S/C10H17N5/c1-6(2)9-13-10-12-7(3)8(4-5-11)15(10)14-9/h6H,4-5,11H2,1-3H3,(H,12,13,14). The first-order valence-electron chi connectivity index (χ1n) is 5.27. The molecule has 0 atom stereocenters. The maximum absolute atomic E-state index is 5.57. The third-order valence-electron chi connectivity index (χ3n) is 2.53. The van der Waals surface area contributed by atoms with Crippen LogP contribution in [0.4, 0.5) is 0 Å². The van der Waals surface area contributed by atoms with Crippen molar-refractivity contribution in [3.63, 3.8) is 0 Å². The molecule has 5 nitrogen and oxygen atoms in total. The van der Waals surface area contributed by atoms with Gasteiger partial charge in [0.15, 0.2) is 0 Å². The van der Waals surface area contributed by atoms with Gasteiger partial charge in [-0.1, -0.05) is 13.8 Å². The largest absolute Gasteiger partial charge is 0.330 e. The molecule has 0 bridgehead atoms. The van der Waals surface area contributed by atoms with Gasteiger partial charge in [0.25, 0.3) is 5.78 Å². The number of aromatic nitrogens is 4. The molecule has 2 rings (SSSR count). The van der Waals surface area contributed by atoms with Crippen LogP contribution in [0.1, 0.15) is 37.0 Å². The van der Waals surface area contributed by atoms with Gasteiger partial charge >= 0.3 is 0 Å². The van der Waals surface area contributed by atoms with Gasteiger partial charge in [-0.05, 0) is 13.5 Å². The van der Waals surface area contributed by atoms with Crippen LogP contribution in [-0.4, -0.2) is 26.1 Å². The van der Waals surface area contributed by atoms with E-state index in [2.05, 4.69) is 28.9 Å². The number of imidazole rings is 1. The van der Waals surface area contributed by atoms with Gasteiger partial charge in [0.2, 0.25) is 0 Å². The second-order valence-corrected chi connectivity index (χ2v) is 4.08. The predicted octanol–water partition coefficient (Wildman–Crippen LogP) is 0.990. The Balaban J connectivity index is 2.53. The fourth-order valence-electron chi connectivity index (χ4n) is 1.67. The molecule has 3 N–H and O–H groups in total. The number of aryl methyl sites for hydroxylation is 1. The van der Waals surface area contributed by atoms with Crippen LogP contribution in [0.2, 0.25) is 0 Å². The number of hydrogen-bond donors (Lipinski definition) is 2. The van der Waals surface area contributed by atoms with Crippen molar-refractivity contribution < 1.29 is 0 Å². The molecule has 2 aromatic rings. The van der Waals surface area contributed by atoms with Gasteiger partial charge in [0.1, 0.15) is 5.82 Å². The minimum atomic E-state index is 0.387. The monoisotopic (exact) mass is 207 g/mol. The van der Waals surface area contributed by atoms with E-state index in [9.17, 15) is 0 Å². The first-order chi connectivity index (χ1) is 7.13. The third kappa shape index (κ3) is 1.63. The number of nitrogens with zero attached hydrogens (tertiary/aromatic N) is 3. The van der Waals surface area contributed by atoms with Crippen LogP contribution >= 0.6 is 0 Å². The summed E-state index contributed by atoms with van der Waals surface area (Å²) in [7, 11) is 0. The summed E-state index contributed by atoms with van der Waals surface area (Å²) in [6.45, 7) is 6.83. The average Bonchev–Trinajstić information content (AvgIpc) is 2.67. The van der Waals surface area contributed by atoms with Crippen LogP contribution in [0.3, 0.4) is 0 Å². The van der Waals surface area contributed by atoms with Crippen molar-refractivity contribution in [2.24, 2.45) is 5.73 Å². The van der Waals surface area contributed by atoms with Gasteiger partial charge in [-0.2, -0.15) is 4.98 Å². The van der Waals surface area contributed by atoms with Crippen LogP contribution in [-0.2, 0) is 6.42 Å². The van der Waals surface area contributed by atoms with Gasteiger partial charge in [0, 0.05) is 12.3 Å². The Kier molecular flexibility index (Phi) is 2.48. The van der Waals surface area contributed by atoms with Crippen molar-refractivity contribution in [2.75, 3.05) is 6.54 Å². The highest BCUT2D eigenvalue weighted by atomic mass is 15.3. The highest BCUT2D eigenvalue weighted by Gasteiger charge is 2.13. The van der Waals surface area contributed by atoms with Crippen molar-refractivity contribution in [1.82, 2.24) is 19.6 Å². The summed E-state index contributed by atoms with van der Waals surface area (Å²) < 4.78 is 1.94. The zero-order valence-corrected chi connectivity index (χ0v) is 9.41. The van der Waals surface area contributed by atoms with Crippen LogP contribution in [0.5, 0.6) is 0 Å². The van der Waals surface area contributed by atoms with E-state index >= 15 is 0 Å². The first kappa shape index (κ1) is 10.2. The van der Waals surface area contributed by atoms with Crippen molar-refractivity contribution in [2.45, 2.75) is 33.1 Å². The molecule has 0 unspecified atom stereocenters. The zero-order chi connectivity index (χ0) is 11.0. The highest BCUT2D eigenvalue weighted by Crippen LogP contribution is 2.14. The summed E-state index contributed by atoms with van der Waals surface area (Å²) in [5.41, 5.74) is 7.71. The summed E-state index contributed by atoms with van der Waals surface area (Å²) in [4.78, 5) is 8.83. The van der Waals surface area contributed by atoms with Crippen molar-refractivity contribution in [3.05, 3.63) is 17.2 Å². The van der Waals surface area contributed by atoms with Crippen LogP contribution in [0, 0.1) is 6.92 Å². The fourth-order valence-corrected chi connectivity index (χ4v) is 1.67. The minimum absolute atomic E-state index is 0.387. The maximum Gasteiger partial charge on any atom is 0.251 e. The molecular formula is C10H17N5. The number of rotatable bonds is 3. The Labute approximate surface area is 88.7 Å². The Morgan fingerprint density at radius 3 is 2.73 bits per heavy atom. The van der Waals surface area contributed by atoms with E-state index in [-0.39, 0.29) is 0 Å². The number of H-pyrrole nitrogens is 1. The SMILES string of the molecule is Cc1nc2nc(C(C)C)[nH]n2c1CCN. The lowest BCUT2D eigenvalue weighted by Gasteiger charge is -1.99. The van der Waals surface area contributed by atoms with E-state index in [1.807, 2.05) is 11.4 Å². The van der Waals surface area contributed by atoms with Gasteiger partial charge < -0.3 is 5.73 Å². The Morgan fingerprint density at radius 2 is 2.13 bits per heavy atom. The number of nitrogens with one attached hydrogen (secondary N) is 1. The molecule has 0 aliphatic heterocycles. The minimum Gasteiger partial charge on any atom is -0.330 e. The molecule has 0 spiro atoms. The summed E-state index contributed by atoms with van der Waals surface area (Å²) in [5, 5.41) is 3.26. The molecule has 82 valence electrons. The highest BCUT2D eigenvalue weighted by molar-refractivity contribution is 5.35. The van der Waals surface area contributed by atoms with E-state index in [0.717, 1.165) is 29.4 Å². The second kappa shape index (κ2) is 3.66. The maximum atomic E-state index is 5.57. The molecular weight excluding hydrogens is 190 g/mol. The van der Waals surface area contributed by atoms with Crippen LogP contribution in [0.15, 0.2) is 0 Å². The topological polar surface area (TPSA) is 72.0 Å². The molecule has 2 aromatic heterocycles. The second-order valence-electron chi connectivity index (χ2n) is 4.08. The quantitative estimate of drug-likeness (QED) is 0.788. The molecule has 0 saturated heterocycles. The molecule has 2 heterocycles. The van der Waals surface area contributed by atoms with E-state index in [0.29, 0.717) is 12.5 Å². The predicted molar refractivity (Wildman–Crippen MR) is 58.9 cm³/mol. The molecule has 15 heavy (non-hydrogen) atoms. The first-order valence-corrected chi connectivity index (χ1v) is 5.27. The van der Waals surface area contributed by atoms with E-state index in [1.165, 1.54) is 0 Å². The summed E-state index contributed by atoms with van der Waals surface area (Å²) in [5.74, 6) is 2.10. The van der Waals surface area contributed by atoms with Crippen LogP contribution < -0.4 is 5.73 Å². The molecule has 0 aromatic carbocycles. The molecule has 0 aliphatic rings. The molecule has 0 amide bonds. The summed E-state index contributed by atoms with van der Waals surface area (Å²) in [6, 6.07) is 0. The summed E-state index contributed by atoms with van der Waals surface area (Å²) >= 11 is 0. The van der Waals surface area contributed by atoms with Crippen molar-refractivity contribution >= 4 is 5.78 Å². The van der Waals surface area contributed by atoms with Crippen molar-refractivity contribution in [3.8, 4) is 0 Å². The fraction of sp³-hybridized carbons (Fsp3) is 0.600. The molecule has 5 heteroatoms. The lowest BCUT2D eigenvalue weighted by molar-refractivity contribution is 0.746. The Hall–Kier alpha value is -1.36. The van der Waals surface area contributed by atoms with Crippen LogP contribution in [0.25, 0.3) is 5.78 Å². The smallest absolute Gasteiger partial charge is 0.251 e. The number of fused-ring (bicyclic) bond motifs is 1. The van der Waals surface area contributed by atoms with E-state index in [4.69, 9.17) is 5.73 Å². The lowest BCUT2D eigenvalue weighted by Crippen LogP contribution is -2.07. The zero-order valence-electron chi connectivity index (χ0n) is 9.41. The number of aromatic amines is 1. The van der Waals surface area contributed by atoms with E-state index in [1.54, 1.807) is 0 Å². The van der Waals surface area contributed by atoms with Gasteiger partial charge in [-0.3, -0.25) is 5.10 Å². The molecule has 0 fully saturated rings. The summed E-state index contributed by atoms with van der Waals surface area (Å²) in [6.07, 6.45) is 0.826. The molecule has 0 saturated carbocycles. The Bertz CT molecular complexity index is 465. The van der Waals surface area contributed by atoms with E-state index < -0.39 is 0 Å². The molecule has 0 radical (unpaired) electrons. The normalized spacial score (nSPS) is 11.8. The van der Waals surface area contributed by atoms with Gasteiger partial charge in [-0.25, -0.2) is 9.50 Å². The van der Waals surface area contributed by atoms with Crippen molar-refractivity contribution in [1.29, 1.82) is 0 Å². The third-order valence-corrected chi connectivity index (χ3v) is 2.53. The molecule has 0 aliphatic carbocycles. The number of nitrogens with two attached hydrogens (primary N) is 1. The van der Waals surface area contributed by atoms with Gasteiger partial charge in [-0.15, -0.1) is 0 Å². The van der Waals surface area contributed by atoms with Gasteiger partial charge in [0.05, 0.1) is 11.4 Å². The number of hydrogen-bond acceptors (Lipinski definition) is 3. The Morgan fingerprint density at radius 1 is 1.40 bits per heavy atom.